The van der Waals surface area contributed by atoms with Crippen molar-refractivity contribution in [1.82, 2.24) is 5.32 Å². The van der Waals surface area contributed by atoms with E-state index in [0.717, 1.165) is 5.56 Å². The number of nitrogens with two attached hydrogens (primary N) is 1. The van der Waals surface area contributed by atoms with E-state index in [9.17, 15) is 14.4 Å². The number of benzene rings is 3. The molecule has 0 aromatic heterocycles. The maximum Gasteiger partial charge on any atom is 0.317 e. The quantitative estimate of drug-likeness (QED) is 0.543. The van der Waals surface area contributed by atoms with E-state index in [0.29, 0.717) is 11.4 Å². The smallest absolute Gasteiger partial charge is 0.317 e. The van der Waals surface area contributed by atoms with Crippen LogP contribution in [0.2, 0.25) is 0 Å². The van der Waals surface area contributed by atoms with Gasteiger partial charge in [0.25, 0.3) is 5.91 Å². The van der Waals surface area contributed by atoms with E-state index in [2.05, 4.69) is 5.32 Å². The molecule has 6 heteroatoms. The first-order chi connectivity index (χ1) is 13.5. The second kappa shape index (κ2) is 8.64. The number of rotatable bonds is 4. The summed E-state index contributed by atoms with van der Waals surface area (Å²) in [6.07, 6.45) is 0. The molecule has 0 aliphatic heterocycles. The summed E-state index contributed by atoms with van der Waals surface area (Å²) < 4.78 is 0. The molecule has 28 heavy (non-hydrogen) atoms. The first-order valence-corrected chi connectivity index (χ1v) is 8.66. The van der Waals surface area contributed by atoms with Crippen molar-refractivity contribution in [1.29, 1.82) is 0 Å². The van der Waals surface area contributed by atoms with Crippen LogP contribution in [0.1, 0.15) is 15.9 Å². The molecular weight excluding hydrogens is 354 g/mol. The lowest BCUT2D eigenvalue weighted by Crippen LogP contribution is -2.45. The molecule has 0 atom stereocenters. The van der Waals surface area contributed by atoms with Crippen LogP contribution in [0.15, 0.2) is 84.9 Å². The molecule has 3 N–H and O–H groups in total. The Morgan fingerprint density at radius 1 is 0.786 bits per heavy atom. The van der Waals surface area contributed by atoms with Crippen LogP contribution >= 0.6 is 0 Å². The predicted molar refractivity (Wildman–Crippen MR) is 107 cm³/mol. The van der Waals surface area contributed by atoms with Crippen molar-refractivity contribution in [2.75, 3.05) is 10.6 Å². The fourth-order valence-corrected chi connectivity index (χ4v) is 2.64. The first-order valence-electron chi connectivity index (χ1n) is 8.66. The number of nitrogens with one attached hydrogen (secondary N) is 1. The molecule has 0 unspecified atom stereocenters. The minimum atomic E-state index is -0.999. The third kappa shape index (κ3) is 4.62. The van der Waals surface area contributed by atoms with Crippen LogP contribution in [0.4, 0.5) is 11.4 Å². The summed E-state index contributed by atoms with van der Waals surface area (Å²) in [5.41, 5.74) is 7.75. The summed E-state index contributed by atoms with van der Waals surface area (Å²) in [5.74, 6) is -2.48. The summed E-state index contributed by atoms with van der Waals surface area (Å²) in [6.45, 7) is 0.202. The molecular formula is C22H19N3O3. The SMILES string of the molecule is Nc1ccc(C(=O)NC(=O)C(=O)N(Cc2ccccc2)c2ccccc2)cc1. The number of para-hydroxylation sites is 1. The summed E-state index contributed by atoms with van der Waals surface area (Å²) in [4.78, 5) is 38.8. The van der Waals surface area contributed by atoms with Crippen LogP contribution in [0.25, 0.3) is 0 Å². The van der Waals surface area contributed by atoms with Crippen LogP contribution in [0.3, 0.4) is 0 Å². The van der Waals surface area contributed by atoms with E-state index in [-0.39, 0.29) is 12.1 Å². The standard InChI is InChI=1S/C22H19N3O3/c23-18-13-11-17(12-14-18)20(26)24-21(27)22(28)25(19-9-5-2-6-10-19)15-16-7-3-1-4-8-16/h1-14H,15,23H2,(H,24,26,27). The second-order valence-corrected chi connectivity index (χ2v) is 6.12. The summed E-state index contributed by atoms with van der Waals surface area (Å²) in [7, 11) is 0. The highest BCUT2D eigenvalue weighted by atomic mass is 16.2. The summed E-state index contributed by atoms with van der Waals surface area (Å²) >= 11 is 0. The highest BCUT2D eigenvalue weighted by molar-refractivity contribution is 6.43. The second-order valence-electron chi connectivity index (χ2n) is 6.12. The van der Waals surface area contributed by atoms with Crippen LogP contribution in [-0.2, 0) is 16.1 Å². The zero-order chi connectivity index (χ0) is 19.9. The van der Waals surface area contributed by atoms with Gasteiger partial charge in [0.1, 0.15) is 0 Å². The Morgan fingerprint density at radius 3 is 1.96 bits per heavy atom. The number of carbonyl (C=O) groups is 3. The average Bonchev–Trinajstić information content (AvgIpc) is 2.73. The summed E-state index contributed by atoms with van der Waals surface area (Å²) in [5, 5.41) is 2.14. The van der Waals surface area contributed by atoms with Crippen LogP contribution in [0, 0.1) is 0 Å². The zero-order valence-electron chi connectivity index (χ0n) is 15.0. The Balaban J connectivity index is 1.79. The number of hydrogen-bond donors (Lipinski definition) is 2. The van der Waals surface area contributed by atoms with Gasteiger partial charge in [0, 0.05) is 16.9 Å². The molecule has 140 valence electrons. The number of hydrogen-bond acceptors (Lipinski definition) is 4. The Hall–Kier alpha value is -3.93. The minimum absolute atomic E-state index is 0.202. The van der Waals surface area contributed by atoms with Gasteiger partial charge in [0.15, 0.2) is 0 Å². The van der Waals surface area contributed by atoms with Crippen LogP contribution in [0.5, 0.6) is 0 Å². The van der Waals surface area contributed by atoms with Gasteiger partial charge in [-0.3, -0.25) is 24.6 Å². The van der Waals surface area contributed by atoms with Gasteiger partial charge in [-0.2, -0.15) is 0 Å². The van der Waals surface area contributed by atoms with Crippen molar-refractivity contribution >= 4 is 29.1 Å². The van der Waals surface area contributed by atoms with E-state index in [1.165, 1.54) is 17.0 Å². The van der Waals surface area contributed by atoms with E-state index < -0.39 is 17.7 Å². The molecule has 0 fully saturated rings. The Kier molecular flexibility index (Phi) is 5.81. The molecule has 3 aromatic rings. The predicted octanol–water partition coefficient (Wildman–Crippen LogP) is 2.76. The van der Waals surface area contributed by atoms with Crippen molar-refractivity contribution in [3.63, 3.8) is 0 Å². The van der Waals surface area contributed by atoms with Gasteiger partial charge in [0.05, 0.1) is 6.54 Å². The molecule has 0 aliphatic carbocycles. The zero-order valence-corrected chi connectivity index (χ0v) is 15.0. The van der Waals surface area contributed by atoms with E-state index in [1.807, 2.05) is 36.4 Å². The maximum absolute atomic E-state index is 12.8. The minimum Gasteiger partial charge on any atom is -0.399 e. The van der Waals surface area contributed by atoms with Gasteiger partial charge in [0.2, 0.25) is 0 Å². The molecule has 0 saturated heterocycles. The Bertz CT molecular complexity index is 971. The molecule has 0 saturated carbocycles. The highest BCUT2D eigenvalue weighted by Crippen LogP contribution is 2.17. The topological polar surface area (TPSA) is 92.5 Å². The van der Waals surface area contributed by atoms with Gasteiger partial charge in [-0.05, 0) is 42.0 Å². The first kappa shape index (κ1) is 18.8. The van der Waals surface area contributed by atoms with Crippen molar-refractivity contribution in [3.8, 4) is 0 Å². The monoisotopic (exact) mass is 373 g/mol. The Labute approximate surface area is 162 Å². The van der Waals surface area contributed by atoms with Gasteiger partial charge in [-0.25, -0.2) is 0 Å². The molecule has 0 radical (unpaired) electrons. The fraction of sp³-hybridized carbons (Fsp3) is 0.0455. The van der Waals surface area contributed by atoms with Gasteiger partial charge in [-0.15, -0.1) is 0 Å². The molecule has 0 spiro atoms. The molecule has 0 bridgehead atoms. The lowest BCUT2D eigenvalue weighted by molar-refractivity contribution is -0.137. The number of imide groups is 1. The summed E-state index contributed by atoms with van der Waals surface area (Å²) in [6, 6.07) is 24.2. The van der Waals surface area contributed by atoms with Crippen LogP contribution in [-0.4, -0.2) is 17.7 Å². The Morgan fingerprint density at radius 2 is 1.36 bits per heavy atom. The molecule has 0 heterocycles. The molecule has 3 amide bonds. The molecule has 3 rings (SSSR count). The number of anilines is 2. The van der Waals surface area contributed by atoms with Crippen LogP contribution < -0.4 is 16.0 Å². The van der Waals surface area contributed by atoms with Crippen molar-refractivity contribution in [2.45, 2.75) is 6.54 Å². The largest absolute Gasteiger partial charge is 0.399 e. The lowest BCUT2D eigenvalue weighted by atomic mass is 10.2. The molecule has 0 aliphatic rings. The van der Waals surface area contributed by atoms with Gasteiger partial charge >= 0.3 is 11.8 Å². The number of nitrogen functional groups attached to an aromatic ring is 1. The van der Waals surface area contributed by atoms with Crippen molar-refractivity contribution in [2.24, 2.45) is 0 Å². The normalized spacial score (nSPS) is 10.1. The average molecular weight is 373 g/mol. The highest BCUT2D eigenvalue weighted by Gasteiger charge is 2.25. The lowest BCUT2D eigenvalue weighted by Gasteiger charge is -2.22. The van der Waals surface area contributed by atoms with Gasteiger partial charge < -0.3 is 5.73 Å². The van der Waals surface area contributed by atoms with E-state index in [1.54, 1.807) is 36.4 Å². The third-order valence-electron chi connectivity index (χ3n) is 4.09. The van der Waals surface area contributed by atoms with E-state index in [4.69, 9.17) is 5.73 Å². The molecule has 3 aromatic carbocycles. The molecule has 6 nitrogen and oxygen atoms in total. The number of amides is 3. The third-order valence-corrected chi connectivity index (χ3v) is 4.09. The van der Waals surface area contributed by atoms with Crippen molar-refractivity contribution in [3.05, 3.63) is 96.1 Å². The van der Waals surface area contributed by atoms with Crippen molar-refractivity contribution < 1.29 is 14.4 Å². The van der Waals surface area contributed by atoms with E-state index >= 15 is 0 Å². The van der Waals surface area contributed by atoms with Gasteiger partial charge in [-0.1, -0.05) is 48.5 Å². The number of nitrogens with zero attached hydrogens (tertiary/aromatic N) is 1. The number of carbonyl (C=O) groups excluding carboxylic acids is 3. The maximum atomic E-state index is 12.8. The fourth-order valence-electron chi connectivity index (χ4n) is 2.64.